The summed E-state index contributed by atoms with van der Waals surface area (Å²) in [6.45, 7) is 3.64. The molecule has 2 aliphatic rings. The molecular formula is C22H23BrN2O5S. The molecule has 1 aromatic carbocycles. The van der Waals surface area contributed by atoms with E-state index in [1.165, 1.54) is 11.3 Å². The molecule has 7 nitrogen and oxygen atoms in total. The quantitative estimate of drug-likeness (QED) is 0.650. The van der Waals surface area contributed by atoms with E-state index in [2.05, 4.69) is 21.2 Å². The third kappa shape index (κ3) is 4.74. The smallest absolute Gasteiger partial charge is 0.262 e. The van der Waals surface area contributed by atoms with Gasteiger partial charge in [0.2, 0.25) is 0 Å². The zero-order chi connectivity index (χ0) is 22.0. The zero-order valence-electron chi connectivity index (χ0n) is 17.1. The second-order valence-corrected chi connectivity index (χ2v) is 10.2. The number of rotatable bonds is 6. The SMILES string of the molecule is Cc1cc(CC(=O)[C@@]2(NC(=O)c3ccc(Br)s3)CCOC2)ccc1N1CCOCC1=O. The highest BCUT2D eigenvalue weighted by molar-refractivity contribution is 9.11. The Labute approximate surface area is 192 Å². The summed E-state index contributed by atoms with van der Waals surface area (Å²) in [5.41, 5.74) is 1.57. The Balaban J connectivity index is 1.49. The third-order valence-electron chi connectivity index (χ3n) is 5.61. The second-order valence-electron chi connectivity index (χ2n) is 7.76. The number of carbonyl (C=O) groups is 3. The normalized spacial score (nSPS) is 21.4. The first-order valence-electron chi connectivity index (χ1n) is 10.0. The fraction of sp³-hybridized carbons (Fsp3) is 0.409. The average Bonchev–Trinajstić information content (AvgIpc) is 3.39. The molecule has 164 valence electrons. The molecule has 2 aromatic rings. The van der Waals surface area contributed by atoms with E-state index in [1.807, 2.05) is 31.2 Å². The van der Waals surface area contributed by atoms with Crippen LogP contribution in [0.15, 0.2) is 34.1 Å². The van der Waals surface area contributed by atoms with Gasteiger partial charge in [-0.2, -0.15) is 0 Å². The number of thiophene rings is 1. The molecule has 4 rings (SSSR count). The lowest BCUT2D eigenvalue weighted by molar-refractivity contribution is -0.126. The number of hydrogen-bond acceptors (Lipinski definition) is 6. The molecule has 0 saturated carbocycles. The van der Waals surface area contributed by atoms with Gasteiger partial charge in [-0.25, -0.2) is 0 Å². The molecule has 2 fully saturated rings. The Bertz CT molecular complexity index is 1020. The van der Waals surface area contributed by atoms with Crippen LogP contribution in [0.4, 0.5) is 5.69 Å². The van der Waals surface area contributed by atoms with Crippen LogP contribution in [0, 0.1) is 6.92 Å². The topological polar surface area (TPSA) is 84.9 Å². The van der Waals surface area contributed by atoms with Crippen LogP contribution in [0.25, 0.3) is 0 Å². The molecular weight excluding hydrogens is 484 g/mol. The number of aryl methyl sites for hydroxylation is 1. The minimum Gasteiger partial charge on any atom is -0.378 e. The fourth-order valence-electron chi connectivity index (χ4n) is 3.93. The summed E-state index contributed by atoms with van der Waals surface area (Å²) in [4.78, 5) is 40.4. The van der Waals surface area contributed by atoms with E-state index in [0.29, 0.717) is 31.1 Å². The van der Waals surface area contributed by atoms with Crippen LogP contribution in [0.3, 0.4) is 0 Å². The van der Waals surface area contributed by atoms with Gasteiger partial charge < -0.3 is 19.7 Å². The Hall–Kier alpha value is -2.07. The summed E-state index contributed by atoms with van der Waals surface area (Å²) in [7, 11) is 0. The number of halogens is 1. The molecule has 1 N–H and O–H groups in total. The minimum absolute atomic E-state index is 0.0665. The molecule has 0 unspecified atom stereocenters. The van der Waals surface area contributed by atoms with E-state index in [-0.39, 0.29) is 37.2 Å². The molecule has 2 amide bonds. The molecule has 9 heteroatoms. The molecule has 31 heavy (non-hydrogen) atoms. The number of hydrogen-bond donors (Lipinski definition) is 1. The lowest BCUT2D eigenvalue weighted by Gasteiger charge is -2.29. The van der Waals surface area contributed by atoms with Crippen molar-refractivity contribution < 1.29 is 23.9 Å². The highest BCUT2D eigenvalue weighted by atomic mass is 79.9. The number of nitrogens with zero attached hydrogens (tertiary/aromatic N) is 1. The van der Waals surface area contributed by atoms with Gasteiger partial charge in [-0.1, -0.05) is 12.1 Å². The standard InChI is InChI=1S/C22H23BrN2O5S/c1-14-10-15(2-3-16(14)25-7-9-29-12-20(25)27)11-18(26)22(6-8-30-13-22)24-21(28)17-4-5-19(23)31-17/h2-5,10H,6-9,11-13H2,1H3,(H,24,28)/t22-/m1/s1. The van der Waals surface area contributed by atoms with Gasteiger partial charge in [-0.05, 0) is 52.2 Å². The van der Waals surface area contributed by atoms with E-state index in [0.717, 1.165) is 20.6 Å². The van der Waals surface area contributed by atoms with Gasteiger partial charge in [0.15, 0.2) is 5.78 Å². The van der Waals surface area contributed by atoms with Gasteiger partial charge in [-0.15, -0.1) is 11.3 Å². The summed E-state index contributed by atoms with van der Waals surface area (Å²) >= 11 is 4.68. The Morgan fingerprint density at radius 1 is 1.23 bits per heavy atom. The van der Waals surface area contributed by atoms with Crippen LogP contribution in [0.1, 0.15) is 27.2 Å². The van der Waals surface area contributed by atoms with Gasteiger partial charge >= 0.3 is 0 Å². The molecule has 1 atom stereocenters. The van der Waals surface area contributed by atoms with Crippen molar-refractivity contribution >= 4 is 50.6 Å². The molecule has 0 bridgehead atoms. The van der Waals surface area contributed by atoms with Crippen molar-refractivity contribution in [1.82, 2.24) is 5.32 Å². The van der Waals surface area contributed by atoms with E-state index >= 15 is 0 Å². The number of Topliss-reactive ketones (excluding diaryl/α,β-unsaturated/α-hetero) is 1. The van der Waals surface area contributed by atoms with Gasteiger partial charge in [0.25, 0.3) is 11.8 Å². The van der Waals surface area contributed by atoms with Crippen LogP contribution >= 0.6 is 27.3 Å². The number of nitrogens with one attached hydrogen (secondary N) is 1. The van der Waals surface area contributed by atoms with E-state index < -0.39 is 5.54 Å². The van der Waals surface area contributed by atoms with Gasteiger partial charge in [0.1, 0.15) is 12.1 Å². The molecule has 3 heterocycles. The summed E-state index contributed by atoms with van der Waals surface area (Å²) in [6.07, 6.45) is 0.624. The first kappa shape index (κ1) is 22.1. The fourth-order valence-corrected chi connectivity index (χ4v) is 5.21. The monoisotopic (exact) mass is 506 g/mol. The summed E-state index contributed by atoms with van der Waals surface area (Å²) < 4.78 is 11.6. The number of morpholine rings is 1. The zero-order valence-corrected chi connectivity index (χ0v) is 19.5. The van der Waals surface area contributed by atoms with Crippen molar-refractivity contribution in [2.45, 2.75) is 25.3 Å². The van der Waals surface area contributed by atoms with Crippen LogP contribution < -0.4 is 10.2 Å². The van der Waals surface area contributed by atoms with Gasteiger partial charge in [-0.3, -0.25) is 14.4 Å². The van der Waals surface area contributed by atoms with E-state index in [9.17, 15) is 14.4 Å². The Kier molecular flexibility index (Phi) is 6.57. The van der Waals surface area contributed by atoms with Crippen molar-refractivity contribution in [2.75, 3.05) is 37.9 Å². The number of benzene rings is 1. The van der Waals surface area contributed by atoms with Crippen molar-refractivity contribution in [2.24, 2.45) is 0 Å². The predicted molar refractivity (Wildman–Crippen MR) is 121 cm³/mol. The summed E-state index contributed by atoms with van der Waals surface area (Å²) in [5, 5.41) is 2.93. The van der Waals surface area contributed by atoms with Crippen LogP contribution in [0.2, 0.25) is 0 Å². The Morgan fingerprint density at radius 2 is 2.06 bits per heavy atom. The predicted octanol–water partition coefficient (Wildman–Crippen LogP) is 2.88. The van der Waals surface area contributed by atoms with Crippen LogP contribution in [0.5, 0.6) is 0 Å². The van der Waals surface area contributed by atoms with Crippen LogP contribution in [-0.4, -0.2) is 56.1 Å². The summed E-state index contributed by atoms with van der Waals surface area (Å²) in [6, 6.07) is 9.21. The number of ketones is 1. The van der Waals surface area contributed by atoms with E-state index in [1.54, 1.807) is 11.0 Å². The van der Waals surface area contributed by atoms with Crippen molar-refractivity contribution in [3.63, 3.8) is 0 Å². The average molecular weight is 507 g/mol. The highest BCUT2D eigenvalue weighted by Crippen LogP contribution is 2.28. The molecule has 0 spiro atoms. The summed E-state index contributed by atoms with van der Waals surface area (Å²) in [5.74, 6) is -0.418. The van der Waals surface area contributed by atoms with Gasteiger partial charge in [0, 0.05) is 31.7 Å². The second kappa shape index (κ2) is 9.20. The molecule has 0 aliphatic carbocycles. The number of amides is 2. The van der Waals surface area contributed by atoms with Crippen molar-refractivity contribution in [3.05, 3.63) is 50.1 Å². The molecule has 0 radical (unpaired) electrons. The maximum absolute atomic E-state index is 13.3. The lowest BCUT2D eigenvalue weighted by atomic mass is 9.88. The number of ether oxygens (including phenoxy) is 2. The van der Waals surface area contributed by atoms with Crippen LogP contribution in [-0.2, 0) is 25.5 Å². The molecule has 2 saturated heterocycles. The van der Waals surface area contributed by atoms with Crippen molar-refractivity contribution in [1.29, 1.82) is 0 Å². The maximum atomic E-state index is 13.3. The maximum Gasteiger partial charge on any atom is 0.262 e. The van der Waals surface area contributed by atoms with Gasteiger partial charge in [0.05, 0.1) is 21.9 Å². The first-order valence-corrected chi connectivity index (χ1v) is 11.7. The Morgan fingerprint density at radius 3 is 2.71 bits per heavy atom. The first-order chi connectivity index (χ1) is 14.9. The van der Waals surface area contributed by atoms with E-state index in [4.69, 9.17) is 9.47 Å². The lowest BCUT2D eigenvalue weighted by Crippen LogP contribution is -2.55. The minimum atomic E-state index is -1.03. The molecule has 2 aliphatic heterocycles. The number of anilines is 1. The molecule has 1 aromatic heterocycles. The van der Waals surface area contributed by atoms with Crippen molar-refractivity contribution in [3.8, 4) is 0 Å². The largest absolute Gasteiger partial charge is 0.378 e. The highest BCUT2D eigenvalue weighted by Gasteiger charge is 2.43. The third-order valence-corrected chi connectivity index (χ3v) is 7.23. The number of carbonyl (C=O) groups excluding carboxylic acids is 3.